The van der Waals surface area contributed by atoms with Crippen LogP contribution < -0.4 is 0 Å². The second kappa shape index (κ2) is 19.9. The molecule has 2 saturated heterocycles. The fourth-order valence-corrected chi connectivity index (χ4v) is 6.03. The molecule has 10 atom stereocenters. The maximum absolute atomic E-state index is 10.2. The highest BCUT2D eigenvalue weighted by atomic mass is 16.7. The van der Waals surface area contributed by atoms with E-state index in [2.05, 4.69) is 30.6 Å². The van der Waals surface area contributed by atoms with Crippen LogP contribution in [0.4, 0.5) is 0 Å². The third kappa shape index (κ3) is 10.3. The second-order valence-electron chi connectivity index (χ2n) is 13.1. The Kier molecular flexibility index (Phi) is 14.8. The van der Waals surface area contributed by atoms with Gasteiger partial charge in [-0.1, -0.05) is 10.4 Å². The highest BCUT2D eigenvalue weighted by molar-refractivity contribution is 5.55. The van der Waals surface area contributed by atoms with E-state index in [-0.39, 0.29) is 52.7 Å². The van der Waals surface area contributed by atoms with Crippen molar-refractivity contribution in [1.82, 2.24) is 40.0 Å². The van der Waals surface area contributed by atoms with Gasteiger partial charge in [-0.2, -0.15) is 0 Å². The fraction of sp³-hybridized carbons (Fsp3) is 0.588. The van der Waals surface area contributed by atoms with Crippen molar-refractivity contribution in [2.45, 2.75) is 101 Å². The molecule has 306 valence electrons. The van der Waals surface area contributed by atoms with Crippen LogP contribution in [0.2, 0.25) is 0 Å². The maximum atomic E-state index is 10.2. The first-order valence-electron chi connectivity index (χ1n) is 17.8. The minimum Gasteiger partial charge on any atom is -0.394 e. The van der Waals surface area contributed by atoms with Crippen molar-refractivity contribution in [3.05, 3.63) is 71.6 Å². The first-order valence-corrected chi connectivity index (χ1v) is 17.8. The van der Waals surface area contributed by atoms with E-state index < -0.39 is 74.6 Å². The summed E-state index contributed by atoms with van der Waals surface area (Å²) in [5.74, 6) is 0. The molecule has 6 heterocycles. The average molecular weight is 791 g/mol. The third-order valence-corrected chi connectivity index (χ3v) is 9.21. The van der Waals surface area contributed by atoms with E-state index in [9.17, 15) is 40.9 Å². The zero-order chi connectivity index (χ0) is 39.6. The van der Waals surface area contributed by atoms with Gasteiger partial charge in [-0.3, -0.25) is 9.97 Å². The fourth-order valence-electron chi connectivity index (χ4n) is 6.03. The van der Waals surface area contributed by atoms with Gasteiger partial charge < -0.3 is 69.3 Å². The molecular weight excluding hydrogens is 744 g/mol. The summed E-state index contributed by atoms with van der Waals surface area (Å²) < 4.78 is 36.8. The topological polar surface area (TPSA) is 304 Å². The van der Waals surface area contributed by atoms with E-state index in [1.807, 2.05) is 24.3 Å². The van der Waals surface area contributed by atoms with Crippen LogP contribution in [0.15, 0.2) is 49.1 Å². The number of nitrogens with zero attached hydrogens (tertiary/aromatic N) is 8. The molecule has 56 heavy (non-hydrogen) atoms. The molecule has 22 nitrogen and oxygen atoms in total. The van der Waals surface area contributed by atoms with Crippen LogP contribution in [0.5, 0.6) is 0 Å². The Bertz CT molecular complexity index is 1670. The minimum atomic E-state index is -1.53. The lowest BCUT2D eigenvalue weighted by atomic mass is 9.99. The molecule has 0 unspecified atom stereocenters. The smallest absolute Gasteiger partial charge is 0.186 e. The van der Waals surface area contributed by atoms with Gasteiger partial charge in [0.05, 0.1) is 101 Å². The lowest BCUT2D eigenvalue weighted by Gasteiger charge is -2.39. The molecule has 8 N–H and O–H groups in total. The van der Waals surface area contributed by atoms with Crippen molar-refractivity contribution < 1.29 is 69.3 Å². The van der Waals surface area contributed by atoms with Gasteiger partial charge in [0, 0.05) is 12.4 Å². The van der Waals surface area contributed by atoms with E-state index in [4.69, 9.17) is 28.4 Å². The van der Waals surface area contributed by atoms with Crippen LogP contribution in [-0.4, -0.2) is 169 Å². The van der Waals surface area contributed by atoms with E-state index >= 15 is 0 Å². The molecule has 2 aliphatic rings. The highest BCUT2D eigenvalue weighted by Gasteiger charge is 2.45. The summed E-state index contributed by atoms with van der Waals surface area (Å²) in [5.41, 5.74) is 4.27. The molecular formula is C34H46N8O14. The Hall–Kier alpha value is -3.98. The Labute approximate surface area is 319 Å². The highest BCUT2D eigenvalue weighted by Crippen LogP contribution is 2.24. The Morgan fingerprint density at radius 2 is 1.00 bits per heavy atom. The molecule has 4 aromatic rings. The van der Waals surface area contributed by atoms with Crippen molar-refractivity contribution in [1.29, 1.82) is 0 Å². The number of aliphatic hydroxyl groups excluding tert-OH is 8. The summed E-state index contributed by atoms with van der Waals surface area (Å²) in [6.45, 7) is 0.248. The van der Waals surface area contributed by atoms with E-state index in [0.717, 1.165) is 11.1 Å². The normalized spacial score (nSPS) is 28.1. The zero-order valence-corrected chi connectivity index (χ0v) is 30.1. The van der Waals surface area contributed by atoms with Crippen LogP contribution in [0.3, 0.4) is 0 Å². The van der Waals surface area contributed by atoms with Crippen LogP contribution in [0.1, 0.15) is 22.5 Å². The Balaban J connectivity index is 0.937. The zero-order valence-electron chi connectivity index (χ0n) is 30.1. The number of ether oxygens (including phenoxy) is 6. The van der Waals surface area contributed by atoms with Crippen molar-refractivity contribution in [3.8, 4) is 11.4 Å². The largest absolute Gasteiger partial charge is 0.394 e. The van der Waals surface area contributed by atoms with Crippen molar-refractivity contribution in [3.63, 3.8) is 0 Å². The molecule has 2 aliphatic heterocycles. The quantitative estimate of drug-likeness (QED) is 0.0455. The van der Waals surface area contributed by atoms with Crippen molar-refractivity contribution >= 4 is 0 Å². The summed E-state index contributed by atoms with van der Waals surface area (Å²) in [6.07, 6.45) is -7.21. The number of pyridine rings is 2. The second-order valence-corrected chi connectivity index (χ2v) is 13.1. The van der Waals surface area contributed by atoms with Crippen LogP contribution >= 0.6 is 0 Å². The number of aliphatic hydroxyl groups is 8. The van der Waals surface area contributed by atoms with Gasteiger partial charge in [-0.05, 0) is 35.4 Å². The molecule has 6 rings (SSSR count). The number of aromatic nitrogens is 8. The molecule has 0 radical (unpaired) electrons. The summed E-state index contributed by atoms with van der Waals surface area (Å²) in [4.78, 5) is 8.94. The van der Waals surface area contributed by atoms with Crippen LogP contribution in [0, 0.1) is 0 Å². The molecule has 0 aliphatic carbocycles. The molecule has 0 spiro atoms. The minimum absolute atomic E-state index is 0.0262. The summed E-state index contributed by atoms with van der Waals surface area (Å²) in [6, 6.07) is 7.39. The van der Waals surface area contributed by atoms with Gasteiger partial charge in [0.2, 0.25) is 0 Å². The van der Waals surface area contributed by atoms with E-state index in [0.29, 0.717) is 22.8 Å². The molecule has 0 amide bonds. The van der Waals surface area contributed by atoms with Gasteiger partial charge in [0.25, 0.3) is 0 Å². The van der Waals surface area contributed by atoms with Gasteiger partial charge in [-0.15, -0.1) is 10.2 Å². The van der Waals surface area contributed by atoms with E-state index in [1.165, 1.54) is 0 Å². The Morgan fingerprint density at radius 1 is 0.571 bits per heavy atom. The maximum Gasteiger partial charge on any atom is 0.186 e. The molecule has 0 aromatic carbocycles. The lowest BCUT2D eigenvalue weighted by Crippen LogP contribution is -2.59. The van der Waals surface area contributed by atoms with E-state index in [1.54, 1.807) is 34.2 Å². The number of hydrogen-bond acceptors (Lipinski definition) is 20. The van der Waals surface area contributed by atoms with Crippen LogP contribution in [0.25, 0.3) is 11.4 Å². The average Bonchev–Trinajstić information content (AvgIpc) is 3.87. The predicted molar refractivity (Wildman–Crippen MR) is 184 cm³/mol. The predicted octanol–water partition coefficient (Wildman–Crippen LogP) is -3.61. The summed E-state index contributed by atoms with van der Waals surface area (Å²) in [5, 5.41) is 94.9. The van der Waals surface area contributed by atoms with Gasteiger partial charge in [-0.25, -0.2) is 9.36 Å². The molecule has 4 aromatic heterocycles. The first-order chi connectivity index (χ1) is 27.2. The molecule has 22 heteroatoms. The molecule has 0 bridgehead atoms. The van der Waals surface area contributed by atoms with Gasteiger partial charge >= 0.3 is 0 Å². The monoisotopic (exact) mass is 790 g/mol. The van der Waals surface area contributed by atoms with Gasteiger partial charge in [0.15, 0.2) is 12.6 Å². The first kappa shape index (κ1) is 41.6. The third-order valence-electron chi connectivity index (χ3n) is 9.21. The molecule has 2 fully saturated rings. The summed E-state index contributed by atoms with van der Waals surface area (Å²) >= 11 is 0. The number of rotatable bonds is 19. The Morgan fingerprint density at radius 3 is 1.41 bits per heavy atom. The van der Waals surface area contributed by atoms with Crippen molar-refractivity contribution in [2.75, 3.05) is 26.4 Å². The standard InChI is InChI=1S/C34H46N8O14/c43-13-25-27(45)29(47)31(49)33(55-25)53-7-5-41-21(11-37-39-41)17-51-15-19-1-3-35-23(9-19)24-10-20(2-4-36-24)16-52-18-22-12-38-40-42(22)6-8-54-34-32(50)30(48)28(46)26(14-44)56-34/h1-4,9-12,25-34,43-50H,5-8,13-18H2/t25-,26-,27-,28-,29+,30+,31+,32+,33+,34+/m1/s1. The SMILES string of the molecule is OC[C@H]1O[C@H](OCCn2nncc2COCc2ccnc(-c3cc(COCc4cnnn4CCO[C@H]4O[C@H](CO)[C@@H](O)[C@H](O)[C@@H]4O)ccn3)c2)[C@@H](O)[C@@H](O)[C@@H]1O. The summed E-state index contributed by atoms with van der Waals surface area (Å²) in [7, 11) is 0. The van der Waals surface area contributed by atoms with Gasteiger partial charge in [0.1, 0.15) is 48.8 Å². The number of hydrogen-bond donors (Lipinski definition) is 8. The van der Waals surface area contributed by atoms with Crippen LogP contribution in [-0.2, 0) is 67.9 Å². The van der Waals surface area contributed by atoms with Crippen molar-refractivity contribution in [2.24, 2.45) is 0 Å². The molecule has 0 saturated carbocycles. The lowest BCUT2D eigenvalue weighted by molar-refractivity contribution is -0.301.